The second kappa shape index (κ2) is 10.6. The van der Waals surface area contributed by atoms with Crippen LogP contribution in [-0.2, 0) is 25.6 Å². The first-order chi connectivity index (χ1) is 21.7. The number of rotatable bonds is 5. The standard InChI is InChI=1S/C31H31F3N6O7/c1-39(2)17-9-15(13-5-7-14(8-6-13)47-31(32,33)34)21(41)18-16(17)10-28(37)11-30(38)24(40(3)4)23(43)19(27(36)46)25(44)29(30,12-35)26(45)20(28)22(18)42/h5-9,19-20,24,41H,10-11,37-38H2,1-4H3,(H2,36,46)/t19?,20?,24-,28-,29+,30-/m1/s1. The number of aromatic hydroxyl groups is 1. The number of Topliss-reactive ketones (excluding diaryl/α,β-unsaturated/α-hetero) is 4. The molecule has 3 aliphatic carbocycles. The minimum atomic E-state index is -4.94. The number of halogens is 3. The van der Waals surface area contributed by atoms with Crippen LogP contribution in [0.3, 0.4) is 0 Å². The number of carbonyl (C=O) groups is 5. The van der Waals surface area contributed by atoms with Crippen LogP contribution >= 0.6 is 0 Å². The lowest BCUT2D eigenvalue weighted by atomic mass is 9.42. The molecule has 1 amide bonds. The van der Waals surface area contributed by atoms with Crippen LogP contribution in [-0.4, -0.2) is 90.7 Å². The molecule has 13 nitrogen and oxygen atoms in total. The molecule has 0 radical (unpaired) electrons. The van der Waals surface area contributed by atoms with E-state index in [-0.39, 0.29) is 28.7 Å². The van der Waals surface area contributed by atoms with Crippen molar-refractivity contribution < 1.29 is 47.0 Å². The van der Waals surface area contributed by atoms with Crippen LogP contribution in [0.5, 0.6) is 11.5 Å². The molecule has 3 aliphatic rings. The summed E-state index contributed by atoms with van der Waals surface area (Å²) in [6, 6.07) is 6.07. The van der Waals surface area contributed by atoms with Crippen molar-refractivity contribution in [3.05, 3.63) is 41.5 Å². The predicted molar refractivity (Wildman–Crippen MR) is 158 cm³/mol. The normalized spacial score (nSPS) is 30.3. The number of benzene rings is 2. The first-order valence-electron chi connectivity index (χ1n) is 14.2. The number of ketones is 4. The number of ether oxygens (including phenoxy) is 1. The van der Waals surface area contributed by atoms with Crippen molar-refractivity contribution in [1.29, 1.82) is 5.26 Å². The van der Waals surface area contributed by atoms with Gasteiger partial charge in [0.05, 0.1) is 23.2 Å². The van der Waals surface area contributed by atoms with E-state index in [2.05, 4.69) is 4.74 Å². The summed E-state index contributed by atoms with van der Waals surface area (Å²) >= 11 is 0. The summed E-state index contributed by atoms with van der Waals surface area (Å²) in [7, 11) is 6.05. The maximum atomic E-state index is 14.6. The third-order valence-electron chi connectivity index (χ3n) is 9.45. The van der Waals surface area contributed by atoms with Crippen molar-refractivity contribution in [3.8, 4) is 28.7 Å². The van der Waals surface area contributed by atoms with Crippen LogP contribution in [0.15, 0.2) is 30.3 Å². The highest BCUT2D eigenvalue weighted by Gasteiger charge is 2.78. The second-order valence-electron chi connectivity index (χ2n) is 12.7. The van der Waals surface area contributed by atoms with Crippen LogP contribution in [0.25, 0.3) is 11.1 Å². The lowest BCUT2D eigenvalue weighted by Gasteiger charge is -2.60. The zero-order valence-electron chi connectivity index (χ0n) is 25.6. The van der Waals surface area contributed by atoms with E-state index in [0.717, 1.165) is 12.1 Å². The van der Waals surface area contributed by atoms with Gasteiger partial charge < -0.3 is 31.9 Å². The average molecular weight is 657 g/mol. The number of phenols is 1. The Labute approximate surface area is 266 Å². The highest BCUT2D eigenvalue weighted by molar-refractivity contribution is 6.33. The lowest BCUT2D eigenvalue weighted by Crippen LogP contribution is -2.85. The van der Waals surface area contributed by atoms with Crippen molar-refractivity contribution in [3.63, 3.8) is 0 Å². The van der Waals surface area contributed by atoms with Crippen LogP contribution in [0.4, 0.5) is 18.9 Å². The Hall–Kier alpha value is -4.85. The van der Waals surface area contributed by atoms with Crippen molar-refractivity contribution in [2.45, 2.75) is 36.3 Å². The number of likely N-dealkylation sites (N-methyl/N-ethyl adjacent to an activating group) is 1. The molecule has 6 atom stereocenters. The monoisotopic (exact) mass is 656 g/mol. The number of nitriles is 1. The van der Waals surface area contributed by atoms with Gasteiger partial charge in [-0.3, -0.25) is 28.9 Å². The maximum absolute atomic E-state index is 14.6. The number of carbonyl (C=O) groups excluding carboxylic acids is 5. The van der Waals surface area contributed by atoms with E-state index < -0.39 is 87.7 Å². The van der Waals surface area contributed by atoms with Gasteiger partial charge in [-0.25, -0.2) is 0 Å². The van der Waals surface area contributed by atoms with Crippen molar-refractivity contribution in [2.75, 3.05) is 33.1 Å². The number of hydrogen-bond acceptors (Lipinski definition) is 12. The van der Waals surface area contributed by atoms with E-state index in [4.69, 9.17) is 17.2 Å². The van der Waals surface area contributed by atoms with Crippen molar-refractivity contribution in [1.82, 2.24) is 4.90 Å². The van der Waals surface area contributed by atoms with Gasteiger partial charge in [-0.2, -0.15) is 5.26 Å². The van der Waals surface area contributed by atoms with Gasteiger partial charge in [-0.1, -0.05) is 12.1 Å². The van der Waals surface area contributed by atoms with Gasteiger partial charge in [0.15, 0.2) is 34.5 Å². The number of fused-ring (bicyclic) bond motifs is 3. The maximum Gasteiger partial charge on any atom is 0.573 e. The number of primary amides is 1. The van der Waals surface area contributed by atoms with E-state index in [0.29, 0.717) is 5.69 Å². The number of phenolic OH excluding ortho intramolecular Hbond substituents is 1. The summed E-state index contributed by atoms with van der Waals surface area (Å²) in [5.74, 6) is -11.5. The molecule has 0 aromatic heterocycles. The summed E-state index contributed by atoms with van der Waals surface area (Å²) < 4.78 is 42.0. The van der Waals surface area contributed by atoms with Gasteiger partial charge >= 0.3 is 6.36 Å². The van der Waals surface area contributed by atoms with Gasteiger partial charge in [0, 0.05) is 30.9 Å². The number of hydrogen-bond donors (Lipinski definition) is 4. The van der Waals surface area contributed by atoms with Gasteiger partial charge in [0.2, 0.25) is 5.91 Å². The minimum absolute atomic E-state index is 0.0103. The molecule has 7 N–H and O–H groups in total. The first-order valence-corrected chi connectivity index (χ1v) is 14.2. The highest BCUT2D eigenvalue weighted by Crippen LogP contribution is 2.57. The second-order valence-corrected chi connectivity index (χ2v) is 12.7. The Morgan fingerprint density at radius 2 is 1.66 bits per heavy atom. The van der Waals surface area contributed by atoms with Crippen LogP contribution in [0.2, 0.25) is 0 Å². The molecule has 0 heterocycles. The van der Waals surface area contributed by atoms with Crippen LogP contribution in [0.1, 0.15) is 22.3 Å². The largest absolute Gasteiger partial charge is 0.573 e. The van der Waals surface area contributed by atoms with E-state index >= 15 is 0 Å². The summed E-state index contributed by atoms with van der Waals surface area (Å²) in [6.45, 7) is 0. The molecular formula is C31H31F3N6O7. The Kier molecular flexibility index (Phi) is 7.55. The Bertz CT molecular complexity index is 1800. The number of alkyl halides is 3. The van der Waals surface area contributed by atoms with Crippen molar-refractivity contribution >= 4 is 34.7 Å². The molecule has 2 fully saturated rings. The van der Waals surface area contributed by atoms with Gasteiger partial charge in [0.1, 0.15) is 17.4 Å². The molecule has 0 saturated heterocycles. The summed E-state index contributed by atoms with van der Waals surface area (Å²) in [6.07, 6.45) is -5.80. The Morgan fingerprint density at radius 1 is 1.06 bits per heavy atom. The highest BCUT2D eigenvalue weighted by atomic mass is 19.4. The van der Waals surface area contributed by atoms with Crippen LogP contribution in [0, 0.1) is 28.6 Å². The number of amides is 1. The SMILES string of the molecule is CN(C)c1cc(-c2ccc(OC(F)(F)F)cc2)c(O)c2c1C[C@@]1(N)C[C@@]3(N)[C@H](N(C)C)C(=O)C(C(N)=O)C(=O)[C@@]3(C#N)C(=O)C1C2=O. The quantitative estimate of drug-likeness (QED) is 0.322. The molecule has 47 heavy (non-hydrogen) atoms. The molecule has 248 valence electrons. The average Bonchev–Trinajstić information content (AvgIpc) is 2.91. The molecule has 2 saturated carbocycles. The van der Waals surface area contributed by atoms with Crippen LogP contribution < -0.4 is 26.8 Å². The van der Waals surface area contributed by atoms with E-state index in [1.54, 1.807) is 25.1 Å². The van der Waals surface area contributed by atoms with E-state index in [9.17, 15) is 47.5 Å². The molecule has 16 heteroatoms. The molecule has 0 spiro atoms. The lowest BCUT2D eigenvalue weighted by molar-refractivity contribution is -0.274. The molecule has 2 unspecified atom stereocenters. The zero-order valence-corrected chi connectivity index (χ0v) is 25.6. The summed E-state index contributed by atoms with van der Waals surface area (Å²) in [4.78, 5) is 71.7. The van der Waals surface area contributed by atoms with Crippen molar-refractivity contribution in [2.24, 2.45) is 34.5 Å². The predicted octanol–water partition coefficient (Wildman–Crippen LogP) is 0.440. The number of anilines is 1. The molecular weight excluding hydrogens is 625 g/mol. The molecule has 2 aromatic carbocycles. The number of nitrogens with two attached hydrogens (primary N) is 3. The third-order valence-corrected chi connectivity index (χ3v) is 9.45. The van der Waals surface area contributed by atoms with Gasteiger partial charge in [-0.05, 0) is 56.3 Å². The topological polar surface area (TPSA) is 223 Å². The third kappa shape index (κ3) is 4.60. The number of nitrogens with zero attached hydrogens (tertiary/aromatic N) is 3. The fourth-order valence-corrected chi connectivity index (χ4v) is 7.71. The van der Waals surface area contributed by atoms with Gasteiger partial charge in [0.25, 0.3) is 0 Å². The van der Waals surface area contributed by atoms with E-state index in [1.165, 1.54) is 37.2 Å². The fourth-order valence-electron chi connectivity index (χ4n) is 7.71. The zero-order chi connectivity index (χ0) is 35.2. The molecule has 5 rings (SSSR count). The molecule has 0 bridgehead atoms. The summed E-state index contributed by atoms with van der Waals surface area (Å²) in [5.41, 5.74) is 12.4. The Balaban J connectivity index is 1.73. The Morgan fingerprint density at radius 3 is 2.15 bits per heavy atom. The molecule has 0 aliphatic heterocycles. The minimum Gasteiger partial charge on any atom is -0.507 e. The van der Waals surface area contributed by atoms with Gasteiger partial charge in [-0.15, -0.1) is 13.2 Å². The van der Waals surface area contributed by atoms with E-state index in [1.807, 2.05) is 0 Å². The fraction of sp³-hybridized carbons (Fsp3) is 0.419. The smallest absolute Gasteiger partial charge is 0.507 e. The molecule has 2 aromatic rings. The summed E-state index contributed by atoms with van der Waals surface area (Å²) in [5, 5.41) is 22.1. The first kappa shape index (κ1) is 33.5.